The minimum atomic E-state index is 0. The fourth-order valence-electron chi connectivity index (χ4n) is 2.05. The van der Waals surface area contributed by atoms with E-state index in [2.05, 4.69) is 23.2 Å². The molecular formula is C12H18Cl2N2. The number of hydrogen-bond donors (Lipinski definition) is 1. The van der Waals surface area contributed by atoms with E-state index >= 15 is 0 Å². The lowest BCUT2D eigenvalue weighted by Crippen LogP contribution is -2.48. The van der Waals surface area contributed by atoms with Crippen LogP contribution in [0.1, 0.15) is 12.5 Å². The number of nitrogens with one attached hydrogen (secondary N) is 1. The van der Waals surface area contributed by atoms with Crippen LogP contribution in [-0.4, -0.2) is 30.6 Å². The van der Waals surface area contributed by atoms with Gasteiger partial charge in [0.05, 0.1) is 0 Å². The highest BCUT2D eigenvalue weighted by Crippen LogP contribution is 2.13. The smallest absolute Gasteiger partial charge is 0.0409 e. The molecule has 4 heteroatoms. The number of rotatable bonds is 2. The van der Waals surface area contributed by atoms with Gasteiger partial charge in [0.25, 0.3) is 0 Å². The Bertz CT molecular complexity index is 331. The Labute approximate surface area is 108 Å². The molecule has 0 amide bonds. The first kappa shape index (κ1) is 13.8. The summed E-state index contributed by atoms with van der Waals surface area (Å²) in [5.41, 5.74) is 1.30. The van der Waals surface area contributed by atoms with Crippen LogP contribution >= 0.6 is 24.0 Å². The van der Waals surface area contributed by atoms with Gasteiger partial charge >= 0.3 is 0 Å². The van der Waals surface area contributed by atoms with E-state index in [1.165, 1.54) is 5.56 Å². The number of nitrogens with zero attached hydrogens (tertiary/aromatic N) is 1. The standard InChI is InChI=1S/C12H17ClN2.ClH/c1-10-8-15(6-5-14-10)9-11-3-2-4-12(13)7-11;/h2-4,7,10,14H,5-6,8-9H2,1H3;1H. The highest BCUT2D eigenvalue weighted by atomic mass is 35.5. The summed E-state index contributed by atoms with van der Waals surface area (Å²) in [6.07, 6.45) is 0. The van der Waals surface area contributed by atoms with E-state index in [1.54, 1.807) is 0 Å². The van der Waals surface area contributed by atoms with Gasteiger partial charge in [-0.25, -0.2) is 0 Å². The zero-order valence-electron chi connectivity index (χ0n) is 9.45. The lowest BCUT2D eigenvalue weighted by atomic mass is 10.1. The van der Waals surface area contributed by atoms with E-state index in [0.717, 1.165) is 31.2 Å². The summed E-state index contributed by atoms with van der Waals surface area (Å²) in [6, 6.07) is 8.72. The summed E-state index contributed by atoms with van der Waals surface area (Å²) in [4.78, 5) is 2.47. The Morgan fingerprint density at radius 3 is 3.00 bits per heavy atom. The van der Waals surface area contributed by atoms with Crippen molar-refractivity contribution in [3.63, 3.8) is 0 Å². The molecular weight excluding hydrogens is 243 g/mol. The van der Waals surface area contributed by atoms with E-state index in [4.69, 9.17) is 11.6 Å². The predicted molar refractivity (Wildman–Crippen MR) is 71.4 cm³/mol. The third kappa shape index (κ3) is 3.95. The molecule has 0 bridgehead atoms. The number of benzene rings is 1. The first-order chi connectivity index (χ1) is 7.24. The third-order valence-corrected chi connectivity index (χ3v) is 2.98. The highest BCUT2D eigenvalue weighted by molar-refractivity contribution is 6.30. The molecule has 1 N–H and O–H groups in total. The zero-order chi connectivity index (χ0) is 10.7. The summed E-state index contributed by atoms with van der Waals surface area (Å²) in [6.45, 7) is 6.56. The molecule has 0 aliphatic carbocycles. The molecule has 1 aromatic carbocycles. The number of piperazine rings is 1. The molecule has 1 saturated heterocycles. The highest BCUT2D eigenvalue weighted by Gasteiger charge is 2.15. The van der Waals surface area contributed by atoms with E-state index in [-0.39, 0.29) is 12.4 Å². The summed E-state index contributed by atoms with van der Waals surface area (Å²) in [5, 5.41) is 4.27. The van der Waals surface area contributed by atoms with Crippen molar-refractivity contribution in [3.8, 4) is 0 Å². The van der Waals surface area contributed by atoms with Gasteiger partial charge in [0.1, 0.15) is 0 Å². The average Bonchev–Trinajstić information content (AvgIpc) is 2.17. The molecule has 16 heavy (non-hydrogen) atoms. The molecule has 0 saturated carbocycles. The van der Waals surface area contributed by atoms with Crippen LogP contribution in [0.4, 0.5) is 0 Å². The summed E-state index contributed by atoms with van der Waals surface area (Å²) < 4.78 is 0. The molecule has 1 atom stereocenters. The fraction of sp³-hybridized carbons (Fsp3) is 0.500. The van der Waals surface area contributed by atoms with E-state index < -0.39 is 0 Å². The molecule has 0 spiro atoms. The van der Waals surface area contributed by atoms with Crippen LogP contribution in [0, 0.1) is 0 Å². The molecule has 2 rings (SSSR count). The van der Waals surface area contributed by atoms with Gasteiger partial charge in [0.15, 0.2) is 0 Å². The summed E-state index contributed by atoms with van der Waals surface area (Å²) >= 11 is 5.96. The van der Waals surface area contributed by atoms with Crippen molar-refractivity contribution in [2.45, 2.75) is 19.5 Å². The molecule has 1 aliphatic heterocycles. The molecule has 1 fully saturated rings. The van der Waals surface area contributed by atoms with Gasteiger partial charge in [0, 0.05) is 37.2 Å². The van der Waals surface area contributed by atoms with Crippen LogP contribution in [-0.2, 0) is 6.54 Å². The molecule has 1 unspecified atom stereocenters. The van der Waals surface area contributed by atoms with Crippen molar-refractivity contribution >= 4 is 24.0 Å². The average molecular weight is 261 g/mol. The third-order valence-electron chi connectivity index (χ3n) is 2.75. The topological polar surface area (TPSA) is 15.3 Å². The van der Waals surface area contributed by atoms with Crippen LogP contribution in [0.15, 0.2) is 24.3 Å². The number of hydrogen-bond acceptors (Lipinski definition) is 2. The van der Waals surface area contributed by atoms with Crippen LogP contribution in [0.2, 0.25) is 5.02 Å². The number of halogens is 2. The first-order valence-corrected chi connectivity index (χ1v) is 5.82. The second kappa shape index (κ2) is 6.45. The van der Waals surface area contributed by atoms with Gasteiger partial charge in [0.2, 0.25) is 0 Å². The van der Waals surface area contributed by atoms with Crippen molar-refractivity contribution in [3.05, 3.63) is 34.9 Å². The normalized spacial score (nSPS) is 21.5. The van der Waals surface area contributed by atoms with Crippen molar-refractivity contribution < 1.29 is 0 Å². The second-order valence-corrected chi connectivity index (χ2v) is 4.66. The quantitative estimate of drug-likeness (QED) is 0.880. The molecule has 2 nitrogen and oxygen atoms in total. The van der Waals surface area contributed by atoms with Gasteiger partial charge in [-0.3, -0.25) is 4.90 Å². The summed E-state index contributed by atoms with van der Waals surface area (Å²) in [7, 11) is 0. The largest absolute Gasteiger partial charge is 0.312 e. The van der Waals surface area contributed by atoms with Crippen molar-refractivity contribution in [2.75, 3.05) is 19.6 Å². The zero-order valence-corrected chi connectivity index (χ0v) is 11.0. The fourth-order valence-corrected chi connectivity index (χ4v) is 2.26. The van der Waals surface area contributed by atoms with E-state index in [1.807, 2.05) is 18.2 Å². The van der Waals surface area contributed by atoms with Gasteiger partial charge < -0.3 is 5.32 Å². The lowest BCUT2D eigenvalue weighted by molar-refractivity contribution is 0.199. The Morgan fingerprint density at radius 2 is 2.31 bits per heavy atom. The Hall–Kier alpha value is -0.280. The maximum absolute atomic E-state index is 5.96. The van der Waals surface area contributed by atoms with Crippen LogP contribution in [0.3, 0.4) is 0 Å². The molecule has 0 aromatic heterocycles. The van der Waals surface area contributed by atoms with Crippen molar-refractivity contribution in [1.82, 2.24) is 10.2 Å². The van der Waals surface area contributed by atoms with Crippen LogP contribution < -0.4 is 5.32 Å². The lowest BCUT2D eigenvalue weighted by Gasteiger charge is -2.31. The Kier molecular flexibility index (Phi) is 5.56. The second-order valence-electron chi connectivity index (χ2n) is 4.22. The van der Waals surface area contributed by atoms with Crippen LogP contribution in [0.25, 0.3) is 0 Å². The van der Waals surface area contributed by atoms with Crippen molar-refractivity contribution in [1.29, 1.82) is 0 Å². The maximum Gasteiger partial charge on any atom is 0.0409 e. The minimum absolute atomic E-state index is 0. The van der Waals surface area contributed by atoms with Gasteiger partial charge in [-0.2, -0.15) is 0 Å². The van der Waals surface area contributed by atoms with Crippen molar-refractivity contribution in [2.24, 2.45) is 0 Å². The van der Waals surface area contributed by atoms with Crippen LogP contribution in [0.5, 0.6) is 0 Å². The Balaban J connectivity index is 0.00000128. The molecule has 90 valence electrons. The van der Waals surface area contributed by atoms with E-state index in [0.29, 0.717) is 6.04 Å². The molecule has 1 aliphatic rings. The minimum Gasteiger partial charge on any atom is -0.312 e. The molecule has 1 aromatic rings. The maximum atomic E-state index is 5.96. The molecule has 1 heterocycles. The van der Waals surface area contributed by atoms with Gasteiger partial charge in [-0.1, -0.05) is 23.7 Å². The monoisotopic (exact) mass is 260 g/mol. The Morgan fingerprint density at radius 1 is 1.50 bits per heavy atom. The predicted octanol–water partition coefficient (Wildman–Crippen LogP) is 2.56. The van der Waals surface area contributed by atoms with Gasteiger partial charge in [-0.05, 0) is 24.6 Å². The summed E-state index contributed by atoms with van der Waals surface area (Å²) in [5.74, 6) is 0. The van der Waals surface area contributed by atoms with Gasteiger partial charge in [-0.15, -0.1) is 12.4 Å². The van der Waals surface area contributed by atoms with E-state index in [9.17, 15) is 0 Å². The SMILES string of the molecule is CC1CN(Cc2cccc(Cl)c2)CCN1.Cl. The molecule has 0 radical (unpaired) electrons. The first-order valence-electron chi connectivity index (χ1n) is 5.44.